The van der Waals surface area contributed by atoms with Gasteiger partial charge >= 0.3 is 0 Å². The molecule has 3 heterocycles. The molecule has 0 bridgehead atoms. The summed E-state index contributed by atoms with van der Waals surface area (Å²) in [5.74, 6) is 2.38. The topological polar surface area (TPSA) is 71.1 Å². The van der Waals surface area contributed by atoms with E-state index in [1.165, 1.54) is 0 Å². The van der Waals surface area contributed by atoms with Gasteiger partial charge < -0.3 is 18.9 Å². The van der Waals surface area contributed by atoms with Crippen LogP contribution >= 0.6 is 0 Å². The molecule has 0 aromatic heterocycles. The van der Waals surface area contributed by atoms with Crippen molar-refractivity contribution >= 4 is 9.84 Å². The van der Waals surface area contributed by atoms with Gasteiger partial charge in [0.2, 0.25) is 13.6 Å². The van der Waals surface area contributed by atoms with Crippen LogP contribution in [0.25, 0.3) is 11.1 Å². The van der Waals surface area contributed by atoms with E-state index in [-0.39, 0.29) is 25.1 Å². The number of ether oxygens (including phenoxy) is 4. The van der Waals surface area contributed by atoms with Crippen molar-refractivity contribution in [1.29, 1.82) is 0 Å². The Morgan fingerprint density at radius 1 is 0.652 bits per heavy atom. The quantitative estimate of drug-likeness (QED) is 0.737. The van der Waals surface area contributed by atoms with Gasteiger partial charge in [-0.1, -0.05) is 0 Å². The van der Waals surface area contributed by atoms with Crippen molar-refractivity contribution in [3.8, 4) is 34.1 Å². The fourth-order valence-corrected chi connectivity index (χ4v) is 4.76. The van der Waals surface area contributed by atoms with Gasteiger partial charge in [0.1, 0.15) is 0 Å². The van der Waals surface area contributed by atoms with Crippen LogP contribution in [0.1, 0.15) is 11.1 Å². The Kier molecular flexibility index (Phi) is 2.45. The molecule has 23 heavy (non-hydrogen) atoms. The van der Waals surface area contributed by atoms with Crippen LogP contribution in [-0.2, 0) is 21.3 Å². The van der Waals surface area contributed by atoms with Crippen molar-refractivity contribution < 1.29 is 27.4 Å². The van der Waals surface area contributed by atoms with E-state index in [1.807, 2.05) is 12.1 Å². The van der Waals surface area contributed by atoms with E-state index in [4.69, 9.17) is 18.9 Å². The molecule has 3 aliphatic rings. The molecule has 0 amide bonds. The van der Waals surface area contributed by atoms with Gasteiger partial charge in [0.05, 0.1) is 11.5 Å². The Labute approximate surface area is 132 Å². The van der Waals surface area contributed by atoms with Gasteiger partial charge in [-0.15, -0.1) is 0 Å². The Balaban J connectivity index is 1.82. The van der Waals surface area contributed by atoms with Crippen LogP contribution in [0.15, 0.2) is 24.3 Å². The fraction of sp³-hybridized carbons (Fsp3) is 0.250. The van der Waals surface area contributed by atoms with E-state index in [0.29, 0.717) is 34.1 Å². The summed E-state index contributed by atoms with van der Waals surface area (Å²) in [7, 11) is -3.27. The third kappa shape index (κ3) is 1.96. The summed E-state index contributed by atoms with van der Waals surface area (Å²) in [6.45, 7) is 0.304. The smallest absolute Gasteiger partial charge is 0.231 e. The minimum Gasteiger partial charge on any atom is -0.454 e. The highest BCUT2D eigenvalue weighted by Crippen LogP contribution is 2.46. The number of hydrogen-bond donors (Lipinski definition) is 0. The molecule has 5 rings (SSSR count). The lowest BCUT2D eigenvalue weighted by Crippen LogP contribution is -2.05. The predicted octanol–water partition coefficient (Wildman–Crippen LogP) is 2.24. The maximum atomic E-state index is 12.5. The molecule has 2 aromatic rings. The molecule has 0 aliphatic carbocycles. The first kappa shape index (κ1) is 13.1. The normalized spacial score (nSPS) is 19.0. The summed E-state index contributed by atoms with van der Waals surface area (Å²) in [4.78, 5) is 0. The summed E-state index contributed by atoms with van der Waals surface area (Å²) in [6.07, 6.45) is 0. The first-order valence-electron chi connectivity index (χ1n) is 7.15. The number of hydrogen-bond acceptors (Lipinski definition) is 6. The van der Waals surface area contributed by atoms with Crippen molar-refractivity contribution in [3.63, 3.8) is 0 Å². The molecule has 3 aliphatic heterocycles. The minimum atomic E-state index is -3.27. The molecule has 118 valence electrons. The van der Waals surface area contributed by atoms with Crippen molar-refractivity contribution in [2.45, 2.75) is 11.5 Å². The van der Waals surface area contributed by atoms with E-state index < -0.39 is 9.84 Å². The number of benzene rings is 2. The average molecular weight is 332 g/mol. The number of sulfone groups is 1. The SMILES string of the molecule is O=S1(=O)Cc2cc3c(cc2-c2cc4c(cc2C1)OCO4)OCO3. The third-order valence-corrected chi connectivity index (χ3v) is 5.74. The van der Waals surface area contributed by atoms with Crippen LogP contribution in [0.5, 0.6) is 23.0 Å². The second-order valence-corrected chi connectivity index (χ2v) is 7.82. The Bertz CT molecular complexity index is 876. The highest BCUT2D eigenvalue weighted by atomic mass is 32.2. The van der Waals surface area contributed by atoms with Gasteiger partial charge in [-0.25, -0.2) is 8.42 Å². The summed E-state index contributed by atoms with van der Waals surface area (Å²) >= 11 is 0. The lowest BCUT2D eigenvalue weighted by atomic mass is 9.95. The lowest BCUT2D eigenvalue weighted by molar-refractivity contribution is 0.173. The largest absolute Gasteiger partial charge is 0.454 e. The predicted molar refractivity (Wildman–Crippen MR) is 80.5 cm³/mol. The van der Waals surface area contributed by atoms with Gasteiger partial charge in [-0.3, -0.25) is 0 Å². The second kappa shape index (κ2) is 4.32. The van der Waals surface area contributed by atoms with E-state index in [0.717, 1.165) is 11.1 Å². The van der Waals surface area contributed by atoms with Gasteiger partial charge in [0, 0.05) is 0 Å². The summed E-state index contributed by atoms with van der Waals surface area (Å²) in [5, 5.41) is 0. The molecular formula is C16H12O6S. The molecule has 0 spiro atoms. The van der Waals surface area contributed by atoms with Crippen molar-refractivity contribution in [1.82, 2.24) is 0 Å². The first-order chi connectivity index (χ1) is 11.1. The van der Waals surface area contributed by atoms with Gasteiger partial charge in [-0.05, 0) is 46.5 Å². The molecule has 0 unspecified atom stereocenters. The Hall–Kier alpha value is -2.41. The maximum Gasteiger partial charge on any atom is 0.231 e. The molecule has 0 fully saturated rings. The van der Waals surface area contributed by atoms with Crippen molar-refractivity contribution in [3.05, 3.63) is 35.4 Å². The zero-order chi connectivity index (χ0) is 15.6. The van der Waals surface area contributed by atoms with Crippen LogP contribution < -0.4 is 18.9 Å². The summed E-state index contributed by atoms with van der Waals surface area (Å²) in [5.41, 5.74) is 3.10. The van der Waals surface area contributed by atoms with Crippen LogP contribution in [0.4, 0.5) is 0 Å². The van der Waals surface area contributed by atoms with E-state index in [2.05, 4.69) is 0 Å². The van der Waals surface area contributed by atoms with Crippen LogP contribution in [0.2, 0.25) is 0 Å². The molecular weight excluding hydrogens is 320 g/mol. The van der Waals surface area contributed by atoms with Gasteiger partial charge in [0.25, 0.3) is 0 Å². The van der Waals surface area contributed by atoms with Crippen molar-refractivity contribution in [2.24, 2.45) is 0 Å². The highest BCUT2D eigenvalue weighted by Gasteiger charge is 2.29. The van der Waals surface area contributed by atoms with Crippen LogP contribution in [0.3, 0.4) is 0 Å². The highest BCUT2D eigenvalue weighted by molar-refractivity contribution is 7.89. The van der Waals surface area contributed by atoms with Crippen LogP contribution in [-0.4, -0.2) is 22.0 Å². The molecule has 0 N–H and O–H groups in total. The molecule has 0 saturated heterocycles. The van der Waals surface area contributed by atoms with Crippen LogP contribution in [0, 0.1) is 0 Å². The zero-order valence-corrected chi connectivity index (χ0v) is 12.8. The molecule has 7 heteroatoms. The van der Waals surface area contributed by atoms with E-state index >= 15 is 0 Å². The minimum absolute atomic E-state index is 0.0277. The second-order valence-electron chi connectivity index (χ2n) is 5.76. The molecule has 2 aromatic carbocycles. The monoisotopic (exact) mass is 332 g/mol. The standard InChI is InChI=1S/C16H12O6S/c17-23(18)5-9-1-13-15(21-7-19-13)3-11(9)12-4-16-14(20-8-22-16)2-10(12)6-23/h1-4H,5-8H2. The van der Waals surface area contributed by atoms with Gasteiger partial charge in [0.15, 0.2) is 32.8 Å². The summed E-state index contributed by atoms with van der Waals surface area (Å²) in [6, 6.07) is 7.21. The average Bonchev–Trinajstić information content (AvgIpc) is 3.10. The Morgan fingerprint density at radius 3 is 1.48 bits per heavy atom. The van der Waals surface area contributed by atoms with Crippen molar-refractivity contribution in [2.75, 3.05) is 13.6 Å². The lowest BCUT2D eigenvalue weighted by Gasteiger charge is -2.11. The molecule has 6 nitrogen and oxygen atoms in total. The van der Waals surface area contributed by atoms with E-state index in [1.54, 1.807) is 12.1 Å². The molecule has 0 atom stereocenters. The zero-order valence-electron chi connectivity index (χ0n) is 12.0. The first-order valence-corrected chi connectivity index (χ1v) is 8.97. The molecule has 0 radical (unpaired) electrons. The fourth-order valence-electron chi connectivity index (χ4n) is 3.23. The molecule has 0 saturated carbocycles. The third-order valence-electron chi connectivity index (χ3n) is 4.24. The Morgan fingerprint density at radius 2 is 1.04 bits per heavy atom. The van der Waals surface area contributed by atoms with E-state index in [9.17, 15) is 8.42 Å². The number of fused-ring (bicyclic) bond motifs is 5. The maximum absolute atomic E-state index is 12.5. The van der Waals surface area contributed by atoms with Gasteiger partial charge in [-0.2, -0.15) is 0 Å². The number of rotatable bonds is 0. The summed E-state index contributed by atoms with van der Waals surface area (Å²) < 4.78 is 46.5.